The maximum atomic E-state index is 11.5. The smallest absolute Gasteiger partial charge is 0.219 e. The van der Waals surface area contributed by atoms with Crippen molar-refractivity contribution in [3.05, 3.63) is 59.4 Å². The Labute approximate surface area is 166 Å². The molecule has 1 aromatic heterocycles. The minimum Gasteiger partial charge on any atom is -0.493 e. The predicted molar refractivity (Wildman–Crippen MR) is 113 cm³/mol. The number of fused-ring (bicyclic) bond motifs is 1. The van der Waals surface area contributed by atoms with Crippen molar-refractivity contribution in [3.63, 3.8) is 0 Å². The highest BCUT2D eigenvalue weighted by molar-refractivity contribution is 5.76. The lowest BCUT2D eigenvalue weighted by molar-refractivity contribution is -0.120. The number of nitrogens with zero attached hydrogens (tertiary/aromatic N) is 2. The number of para-hydroxylation sites is 3. The van der Waals surface area contributed by atoms with Crippen LogP contribution in [0, 0.1) is 13.8 Å². The van der Waals surface area contributed by atoms with Crippen LogP contribution in [0.3, 0.4) is 0 Å². The quantitative estimate of drug-likeness (QED) is 0.567. The molecule has 0 aliphatic heterocycles. The number of hydrogen-bond acceptors (Lipinski definition) is 3. The van der Waals surface area contributed by atoms with Gasteiger partial charge in [0.1, 0.15) is 11.6 Å². The lowest BCUT2D eigenvalue weighted by Gasteiger charge is -2.13. The molecule has 0 unspecified atom stereocenters. The fourth-order valence-electron chi connectivity index (χ4n) is 3.43. The summed E-state index contributed by atoms with van der Waals surface area (Å²) < 4.78 is 8.31. The van der Waals surface area contributed by atoms with Gasteiger partial charge in [-0.1, -0.05) is 37.3 Å². The SMILES string of the molecule is CCC(=O)NCCc1nc2ccccc2n1CCCOc1c(C)cccc1C. The first kappa shape index (κ1) is 19.9. The number of aryl methyl sites for hydroxylation is 3. The summed E-state index contributed by atoms with van der Waals surface area (Å²) in [5.41, 5.74) is 4.46. The van der Waals surface area contributed by atoms with E-state index >= 15 is 0 Å². The largest absolute Gasteiger partial charge is 0.493 e. The Morgan fingerprint density at radius 3 is 2.61 bits per heavy atom. The molecule has 0 aliphatic rings. The summed E-state index contributed by atoms with van der Waals surface area (Å²) in [6.45, 7) is 8.12. The van der Waals surface area contributed by atoms with Crippen molar-refractivity contribution in [2.24, 2.45) is 0 Å². The van der Waals surface area contributed by atoms with E-state index in [0.717, 1.165) is 42.0 Å². The zero-order chi connectivity index (χ0) is 19.9. The van der Waals surface area contributed by atoms with Crippen molar-refractivity contribution in [2.45, 2.75) is 46.6 Å². The number of hydrogen-bond donors (Lipinski definition) is 1. The second-order valence-electron chi connectivity index (χ2n) is 7.04. The highest BCUT2D eigenvalue weighted by atomic mass is 16.5. The van der Waals surface area contributed by atoms with Crippen LogP contribution < -0.4 is 10.1 Å². The summed E-state index contributed by atoms with van der Waals surface area (Å²) in [5.74, 6) is 2.06. The second-order valence-corrected chi connectivity index (χ2v) is 7.04. The molecular formula is C23H29N3O2. The van der Waals surface area contributed by atoms with Crippen LogP contribution in [0.4, 0.5) is 0 Å². The van der Waals surface area contributed by atoms with Crippen molar-refractivity contribution in [1.82, 2.24) is 14.9 Å². The van der Waals surface area contributed by atoms with Gasteiger partial charge in [0.15, 0.2) is 0 Å². The Morgan fingerprint density at radius 2 is 1.86 bits per heavy atom. The molecule has 0 aliphatic carbocycles. The Bertz CT molecular complexity index is 926. The number of benzene rings is 2. The number of carbonyl (C=O) groups is 1. The number of aromatic nitrogens is 2. The Hall–Kier alpha value is -2.82. The van der Waals surface area contributed by atoms with E-state index in [9.17, 15) is 4.79 Å². The summed E-state index contributed by atoms with van der Waals surface area (Å²) in [6, 6.07) is 14.4. The standard InChI is InChI=1S/C23H29N3O2/c1-4-22(27)24-14-13-21-25-19-11-5-6-12-20(19)26(21)15-8-16-28-23-17(2)9-7-10-18(23)3/h5-7,9-12H,4,8,13-16H2,1-3H3,(H,24,27). The van der Waals surface area contributed by atoms with Gasteiger partial charge >= 0.3 is 0 Å². The molecule has 1 N–H and O–H groups in total. The van der Waals surface area contributed by atoms with Crippen LogP contribution in [0.5, 0.6) is 5.75 Å². The van der Waals surface area contributed by atoms with Gasteiger partial charge in [0.05, 0.1) is 17.6 Å². The van der Waals surface area contributed by atoms with Crippen LogP contribution in [-0.2, 0) is 17.8 Å². The number of ether oxygens (including phenoxy) is 1. The third kappa shape index (κ3) is 4.71. The Kier molecular flexibility index (Phi) is 6.69. The van der Waals surface area contributed by atoms with Crippen LogP contribution in [0.25, 0.3) is 11.0 Å². The second kappa shape index (κ2) is 9.40. The highest BCUT2D eigenvalue weighted by Crippen LogP contribution is 2.23. The first-order chi connectivity index (χ1) is 13.6. The van der Waals surface area contributed by atoms with E-state index in [1.54, 1.807) is 0 Å². The average Bonchev–Trinajstić information content (AvgIpc) is 3.04. The lowest BCUT2D eigenvalue weighted by Crippen LogP contribution is -2.25. The molecule has 28 heavy (non-hydrogen) atoms. The summed E-state index contributed by atoms with van der Waals surface area (Å²) in [7, 11) is 0. The monoisotopic (exact) mass is 379 g/mol. The third-order valence-corrected chi connectivity index (χ3v) is 4.91. The molecule has 0 fully saturated rings. The number of amides is 1. The van der Waals surface area contributed by atoms with Crippen molar-refractivity contribution in [3.8, 4) is 5.75 Å². The molecule has 5 heteroatoms. The molecule has 2 aromatic carbocycles. The molecule has 3 aromatic rings. The average molecular weight is 380 g/mol. The van der Waals surface area contributed by atoms with Crippen molar-refractivity contribution in [1.29, 1.82) is 0 Å². The Morgan fingerprint density at radius 1 is 1.11 bits per heavy atom. The zero-order valence-electron chi connectivity index (χ0n) is 17.0. The van der Waals surface area contributed by atoms with Gasteiger partial charge in [-0.25, -0.2) is 4.98 Å². The molecule has 0 saturated carbocycles. The zero-order valence-corrected chi connectivity index (χ0v) is 17.0. The molecule has 0 atom stereocenters. The number of carbonyl (C=O) groups excluding carboxylic acids is 1. The van der Waals surface area contributed by atoms with E-state index in [1.807, 2.05) is 25.1 Å². The minimum absolute atomic E-state index is 0.0738. The van der Waals surface area contributed by atoms with E-state index in [-0.39, 0.29) is 5.91 Å². The van der Waals surface area contributed by atoms with Crippen LogP contribution in [0.2, 0.25) is 0 Å². The molecule has 0 spiro atoms. The number of imidazole rings is 1. The van der Waals surface area contributed by atoms with Crippen molar-refractivity contribution in [2.75, 3.05) is 13.2 Å². The maximum absolute atomic E-state index is 11.5. The highest BCUT2D eigenvalue weighted by Gasteiger charge is 2.11. The van der Waals surface area contributed by atoms with Gasteiger partial charge in [-0.05, 0) is 43.5 Å². The van der Waals surface area contributed by atoms with E-state index in [2.05, 4.69) is 48.0 Å². The van der Waals surface area contributed by atoms with Crippen LogP contribution in [-0.4, -0.2) is 28.6 Å². The first-order valence-corrected chi connectivity index (χ1v) is 10.00. The molecule has 0 saturated heterocycles. The normalized spacial score (nSPS) is 11.0. The van der Waals surface area contributed by atoms with Gasteiger partial charge in [0.2, 0.25) is 5.91 Å². The topological polar surface area (TPSA) is 56.2 Å². The van der Waals surface area contributed by atoms with Crippen molar-refractivity contribution < 1.29 is 9.53 Å². The van der Waals surface area contributed by atoms with Gasteiger partial charge < -0.3 is 14.6 Å². The molecule has 0 bridgehead atoms. The molecule has 0 radical (unpaired) electrons. The third-order valence-electron chi connectivity index (χ3n) is 4.91. The van der Waals surface area contributed by atoms with E-state index < -0.39 is 0 Å². The summed E-state index contributed by atoms with van der Waals surface area (Å²) in [4.78, 5) is 16.3. The van der Waals surface area contributed by atoms with E-state index in [4.69, 9.17) is 9.72 Å². The van der Waals surface area contributed by atoms with Crippen LogP contribution in [0.1, 0.15) is 36.7 Å². The first-order valence-electron chi connectivity index (χ1n) is 10.00. The fourth-order valence-corrected chi connectivity index (χ4v) is 3.43. The molecular weight excluding hydrogens is 350 g/mol. The molecule has 1 heterocycles. The van der Waals surface area contributed by atoms with E-state index in [1.165, 1.54) is 11.1 Å². The van der Waals surface area contributed by atoms with Gasteiger partial charge in [-0.3, -0.25) is 4.79 Å². The predicted octanol–water partition coefficient (Wildman–Crippen LogP) is 4.19. The summed E-state index contributed by atoms with van der Waals surface area (Å²) in [6.07, 6.45) is 2.12. The van der Waals surface area contributed by atoms with Gasteiger partial charge in [-0.2, -0.15) is 0 Å². The Balaban J connectivity index is 1.65. The molecule has 5 nitrogen and oxygen atoms in total. The van der Waals surface area contributed by atoms with Crippen LogP contribution >= 0.6 is 0 Å². The summed E-state index contributed by atoms with van der Waals surface area (Å²) >= 11 is 0. The number of nitrogens with one attached hydrogen (secondary N) is 1. The van der Waals surface area contributed by atoms with Crippen molar-refractivity contribution >= 4 is 16.9 Å². The lowest BCUT2D eigenvalue weighted by atomic mass is 10.1. The fraction of sp³-hybridized carbons (Fsp3) is 0.391. The maximum Gasteiger partial charge on any atom is 0.219 e. The van der Waals surface area contributed by atoms with E-state index in [0.29, 0.717) is 19.6 Å². The molecule has 148 valence electrons. The number of rotatable bonds is 9. The van der Waals surface area contributed by atoms with Gasteiger partial charge in [-0.15, -0.1) is 0 Å². The van der Waals surface area contributed by atoms with Crippen LogP contribution in [0.15, 0.2) is 42.5 Å². The van der Waals surface area contributed by atoms with Gasteiger partial charge in [0.25, 0.3) is 0 Å². The summed E-state index contributed by atoms with van der Waals surface area (Å²) in [5, 5.41) is 2.94. The minimum atomic E-state index is 0.0738. The molecule has 1 amide bonds. The molecule has 3 rings (SSSR count). The van der Waals surface area contributed by atoms with Gasteiger partial charge in [0, 0.05) is 25.9 Å².